The minimum absolute atomic E-state index is 0.227. The SMILES string of the molecule is Nc1c(NCc2ccc3c(c2)OCO3)ncnc1NNC(=O)c1ccccn1. The van der Waals surface area contributed by atoms with Crippen LogP contribution >= 0.6 is 0 Å². The van der Waals surface area contributed by atoms with Crippen molar-refractivity contribution in [3.63, 3.8) is 0 Å². The molecule has 4 rings (SSSR count). The Labute approximate surface area is 160 Å². The fourth-order valence-electron chi connectivity index (χ4n) is 2.55. The Morgan fingerprint density at radius 2 is 1.93 bits per heavy atom. The third-order valence-electron chi connectivity index (χ3n) is 3.97. The van der Waals surface area contributed by atoms with Crippen LogP contribution in [0.25, 0.3) is 0 Å². The second kappa shape index (κ2) is 7.66. The number of anilines is 3. The van der Waals surface area contributed by atoms with Gasteiger partial charge in [-0.05, 0) is 29.8 Å². The minimum Gasteiger partial charge on any atom is -0.454 e. The molecule has 5 N–H and O–H groups in total. The van der Waals surface area contributed by atoms with Crippen molar-refractivity contribution in [3.05, 3.63) is 60.2 Å². The Hall–Kier alpha value is -4.08. The smallest absolute Gasteiger partial charge is 0.288 e. The number of nitrogens with one attached hydrogen (secondary N) is 3. The first-order valence-corrected chi connectivity index (χ1v) is 8.41. The number of amides is 1. The summed E-state index contributed by atoms with van der Waals surface area (Å²) in [5, 5.41) is 3.14. The van der Waals surface area contributed by atoms with Crippen LogP contribution in [-0.2, 0) is 6.54 Å². The minimum atomic E-state index is -0.409. The molecule has 3 aromatic rings. The van der Waals surface area contributed by atoms with Gasteiger partial charge in [0.25, 0.3) is 5.91 Å². The Morgan fingerprint density at radius 1 is 1.07 bits per heavy atom. The summed E-state index contributed by atoms with van der Waals surface area (Å²) < 4.78 is 10.7. The van der Waals surface area contributed by atoms with Gasteiger partial charge in [0, 0.05) is 12.7 Å². The van der Waals surface area contributed by atoms with Gasteiger partial charge in [-0.1, -0.05) is 12.1 Å². The van der Waals surface area contributed by atoms with Crippen LogP contribution in [0.15, 0.2) is 48.9 Å². The van der Waals surface area contributed by atoms with Gasteiger partial charge < -0.3 is 20.5 Å². The van der Waals surface area contributed by atoms with Crippen LogP contribution in [0.5, 0.6) is 11.5 Å². The number of fused-ring (bicyclic) bond motifs is 1. The second-order valence-corrected chi connectivity index (χ2v) is 5.82. The molecule has 1 aromatic carbocycles. The maximum Gasteiger partial charge on any atom is 0.288 e. The maximum absolute atomic E-state index is 12.1. The Kier molecular flexibility index (Phi) is 4.74. The highest BCUT2D eigenvalue weighted by atomic mass is 16.7. The zero-order chi connectivity index (χ0) is 19.3. The molecule has 2 aromatic heterocycles. The number of carbonyl (C=O) groups is 1. The Balaban J connectivity index is 1.40. The number of nitrogens with two attached hydrogens (primary N) is 1. The van der Waals surface area contributed by atoms with Gasteiger partial charge in [-0.25, -0.2) is 9.97 Å². The van der Waals surface area contributed by atoms with Gasteiger partial charge in [0.2, 0.25) is 6.79 Å². The van der Waals surface area contributed by atoms with Crippen LogP contribution in [0.3, 0.4) is 0 Å². The van der Waals surface area contributed by atoms with E-state index in [4.69, 9.17) is 15.2 Å². The molecule has 28 heavy (non-hydrogen) atoms. The van der Waals surface area contributed by atoms with Gasteiger partial charge in [0.1, 0.15) is 17.7 Å². The number of pyridine rings is 1. The van der Waals surface area contributed by atoms with E-state index in [-0.39, 0.29) is 24.0 Å². The van der Waals surface area contributed by atoms with Crippen LogP contribution in [0, 0.1) is 0 Å². The summed E-state index contributed by atoms with van der Waals surface area (Å²) in [6.45, 7) is 0.696. The number of hydrogen-bond acceptors (Lipinski definition) is 9. The number of rotatable bonds is 6. The largest absolute Gasteiger partial charge is 0.454 e. The number of hydrogen-bond donors (Lipinski definition) is 4. The average molecular weight is 379 g/mol. The number of ether oxygens (including phenoxy) is 2. The highest BCUT2D eigenvalue weighted by molar-refractivity contribution is 5.93. The van der Waals surface area contributed by atoms with Crippen LogP contribution in [0.2, 0.25) is 0 Å². The number of hydrazine groups is 1. The molecular weight excluding hydrogens is 362 g/mol. The van der Waals surface area contributed by atoms with Gasteiger partial charge in [-0.2, -0.15) is 0 Å². The Bertz CT molecular complexity index is 998. The lowest BCUT2D eigenvalue weighted by atomic mass is 10.2. The monoisotopic (exact) mass is 379 g/mol. The van der Waals surface area contributed by atoms with Crippen LogP contribution < -0.4 is 31.4 Å². The van der Waals surface area contributed by atoms with E-state index in [2.05, 4.69) is 31.1 Å². The molecule has 0 saturated heterocycles. The van der Waals surface area contributed by atoms with Gasteiger partial charge in [0.15, 0.2) is 23.1 Å². The van der Waals surface area contributed by atoms with Crippen LogP contribution in [0.1, 0.15) is 16.1 Å². The van der Waals surface area contributed by atoms with Gasteiger partial charge >= 0.3 is 0 Å². The molecule has 1 aliphatic rings. The second-order valence-electron chi connectivity index (χ2n) is 5.82. The van der Waals surface area contributed by atoms with E-state index in [1.807, 2.05) is 18.2 Å². The van der Waals surface area contributed by atoms with Gasteiger partial charge in [-0.15, -0.1) is 0 Å². The summed E-state index contributed by atoms with van der Waals surface area (Å²) in [5.74, 6) is 1.72. The molecule has 1 aliphatic heterocycles. The molecule has 0 atom stereocenters. The van der Waals surface area contributed by atoms with Crippen molar-refractivity contribution >= 4 is 23.2 Å². The molecule has 0 unspecified atom stereocenters. The number of aromatic nitrogens is 3. The zero-order valence-corrected chi connectivity index (χ0v) is 14.7. The summed E-state index contributed by atoms with van der Waals surface area (Å²) >= 11 is 0. The number of nitrogen functional groups attached to an aromatic ring is 1. The van der Waals surface area contributed by atoms with E-state index < -0.39 is 5.91 Å². The first-order chi connectivity index (χ1) is 13.7. The number of carbonyl (C=O) groups excluding carboxylic acids is 1. The molecule has 0 aliphatic carbocycles. The quantitative estimate of drug-likeness (QED) is 0.470. The van der Waals surface area contributed by atoms with E-state index in [9.17, 15) is 4.79 Å². The summed E-state index contributed by atoms with van der Waals surface area (Å²) in [7, 11) is 0. The lowest BCUT2D eigenvalue weighted by Gasteiger charge is -2.13. The Morgan fingerprint density at radius 3 is 2.79 bits per heavy atom. The highest BCUT2D eigenvalue weighted by Gasteiger charge is 2.14. The molecule has 10 heteroatoms. The van der Waals surface area contributed by atoms with E-state index >= 15 is 0 Å². The summed E-state index contributed by atoms with van der Waals surface area (Å²) in [5.41, 5.74) is 12.8. The summed E-state index contributed by atoms with van der Waals surface area (Å²) in [6.07, 6.45) is 2.87. The van der Waals surface area contributed by atoms with Crippen molar-refractivity contribution in [2.75, 3.05) is 23.3 Å². The van der Waals surface area contributed by atoms with Crippen molar-refractivity contribution in [1.82, 2.24) is 20.4 Å². The predicted molar refractivity (Wildman–Crippen MR) is 102 cm³/mol. The van der Waals surface area contributed by atoms with Gasteiger partial charge in [-0.3, -0.25) is 20.6 Å². The third kappa shape index (κ3) is 3.70. The van der Waals surface area contributed by atoms with Crippen LogP contribution in [-0.4, -0.2) is 27.7 Å². The molecule has 3 heterocycles. The molecule has 142 valence electrons. The van der Waals surface area contributed by atoms with Crippen LogP contribution in [0.4, 0.5) is 17.3 Å². The summed E-state index contributed by atoms with van der Waals surface area (Å²) in [4.78, 5) is 24.2. The van der Waals surface area contributed by atoms with Crippen molar-refractivity contribution in [3.8, 4) is 11.5 Å². The molecule has 0 spiro atoms. The highest BCUT2D eigenvalue weighted by Crippen LogP contribution is 2.32. The predicted octanol–water partition coefficient (Wildman–Crippen LogP) is 1.55. The molecule has 10 nitrogen and oxygen atoms in total. The van der Waals surface area contributed by atoms with E-state index in [0.29, 0.717) is 18.1 Å². The summed E-state index contributed by atoms with van der Waals surface area (Å²) in [6, 6.07) is 10.7. The third-order valence-corrected chi connectivity index (χ3v) is 3.97. The molecule has 0 bridgehead atoms. The van der Waals surface area contributed by atoms with E-state index in [0.717, 1.165) is 11.3 Å². The first-order valence-electron chi connectivity index (χ1n) is 8.41. The first kappa shape index (κ1) is 17.3. The van der Waals surface area contributed by atoms with Crippen molar-refractivity contribution < 1.29 is 14.3 Å². The molecular formula is C18H17N7O3. The van der Waals surface area contributed by atoms with E-state index in [1.54, 1.807) is 18.2 Å². The van der Waals surface area contributed by atoms with Gasteiger partial charge in [0.05, 0.1) is 0 Å². The normalized spacial score (nSPS) is 11.7. The van der Waals surface area contributed by atoms with Crippen molar-refractivity contribution in [2.24, 2.45) is 0 Å². The van der Waals surface area contributed by atoms with Crippen molar-refractivity contribution in [2.45, 2.75) is 6.54 Å². The van der Waals surface area contributed by atoms with E-state index in [1.165, 1.54) is 12.5 Å². The maximum atomic E-state index is 12.1. The topological polar surface area (TPSA) is 136 Å². The fraction of sp³-hybridized carbons (Fsp3) is 0.111. The molecule has 0 fully saturated rings. The molecule has 1 amide bonds. The number of benzene rings is 1. The molecule has 0 saturated carbocycles. The van der Waals surface area contributed by atoms with Crippen molar-refractivity contribution in [1.29, 1.82) is 0 Å². The lowest BCUT2D eigenvalue weighted by Crippen LogP contribution is -2.31. The average Bonchev–Trinajstić information content (AvgIpc) is 3.20. The molecule has 0 radical (unpaired) electrons. The lowest BCUT2D eigenvalue weighted by molar-refractivity contribution is 0.0957. The number of nitrogens with zero attached hydrogens (tertiary/aromatic N) is 3. The fourth-order valence-corrected chi connectivity index (χ4v) is 2.55. The standard InChI is InChI=1S/C18H17N7O3/c19-15-16(21-8-11-4-5-13-14(7-11)28-10-27-13)22-9-23-17(15)24-25-18(26)12-3-1-2-6-20-12/h1-7,9H,8,10,19H2,(H,25,26)(H2,21,22,23,24). The zero-order valence-electron chi connectivity index (χ0n) is 14.7.